The molecular weight excluding hydrogens is 274 g/mol. The second-order valence-corrected chi connectivity index (χ2v) is 4.51. The molecule has 0 atom stereocenters. The average molecular weight is 288 g/mol. The normalized spacial score (nSPS) is 10.2. The van der Waals surface area contributed by atoms with Gasteiger partial charge in [-0.15, -0.1) is 0 Å². The van der Waals surface area contributed by atoms with Crippen LogP contribution in [0.1, 0.15) is 16.7 Å². The number of hydrogen-bond acceptors (Lipinski definition) is 3. The molecule has 21 heavy (non-hydrogen) atoms. The van der Waals surface area contributed by atoms with Crippen LogP contribution in [-0.4, -0.2) is 7.11 Å². The van der Waals surface area contributed by atoms with Crippen molar-refractivity contribution >= 4 is 5.69 Å². The summed E-state index contributed by atoms with van der Waals surface area (Å²) in [6.07, 6.45) is 0. The Morgan fingerprint density at radius 2 is 2.00 bits per heavy atom. The van der Waals surface area contributed by atoms with Gasteiger partial charge in [-0.3, -0.25) is 0 Å². The third-order valence-electron chi connectivity index (χ3n) is 2.99. The number of nitrogens with zero attached hydrogens (tertiary/aromatic N) is 1. The molecule has 5 heteroatoms. The summed E-state index contributed by atoms with van der Waals surface area (Å²) in [4.78, 5) is 0. The first-order valence-electron chi connectivity index (χ1n) is 6.34. The molecule has 1 N–H and O–H groups in total. The molecule has 2 aromatic carbocycles. The van der Waals surface area contributed by atoms with Gasteiger partial charge in [-0.1, -0.05) is 6.07 Å². The first-order valence-corrected chi connectivity index (χ1v) is 6.34. The zero-order valence-corrected chi connectivity index (χ0v) is 11.5. The molecule has 0 amide bonds. The highest BCUT2D eigenvalue weighted by molar-refractivity contribution is 5.57. The van der Waals surface area contributed by atoms with E-state index >= 15 is 0 Å². The SMILES string of the molecule is COCc1cc(CNc2ccc(F)cc2C#N)ccc1F. The number of hydrogen-bond donors (Lipinski definition) is 1. The van der Waals surface area contributed by atoms with E-state index in [9.17, 15) is 8.78 Å². The van der Waals surface area contributed by atoms with E-state index in [1.807, 2.05) is 6.07 Å². The van der Waals surface area contributed by atoms with Crippen LogP contribution in [0.5, 0.6) is 0 Å². The molecular formula is C16H14F2N2O. The van der Waals surface area contributed by atoms with Crippen LogP contribution >= 0.6 is 0 Å². The van der Waals surface area contributed by atoms with Crippen LogP contribution in [0.4, 0.5) is 14.5 Å². The van der Waals surface area contributed by atoms with Crippen molar-refractivity contribution in [1.82, 2.24) is 0 Å². The van der Waals surface area contributed by atoms with Crippen molar-refractivity contribution in [2.45, 2.75) is 13.2 Å². The van der Waals surface area contributed by atoms with Gasteiger partial charge in [0.1, 0.15) is 17.7 Å². The second kappa shape index (κ2) is 6.82. The van der Waals surface area contributed by atoms with Crippen molar-refractivity contribution in [2.24, 2.45) is 0 Å². The molecule has 0 aliphatic rings. The zero-order chi connectivity index (χ0) is 15.2. The summed E-state index contributed by atoms with van der Waals surface area (Å²) >= 11 is 0. The van der Waals surface area contributed by atoms with Crippen LogP contribution in [0, 0.1) is 23.0 Å². The molecule has 0 fully saturated rings. The molecule has 0 aliphatic carbocycles. The quantitative estimate of drug-likeness (QED) is 0.914. The fraction of sp³-hybridized carbons (Fsp3) is 0.188. The van der Waals surface area contributed by atoms with E-state index in [2.05, 4.69) is 5.32 Å². The molecule has 108 valence electrons. The fourth-order valence-electron chi connectivity index (χ4n) is 1.96. The lowest BCUT2D eigenvalue weighted by atomic mass is 10.1. The lowest BCUT2D eigenvalue weighted by Gasteiger charge is -2.10. The van der Waals surface area contributed by atoms with Gasteiger partial charge in [-0.25, -0.2) is 8.78 Å². The van der Waals surface area contributed by atoms with Crippen LogP contribution in [0.2, 0.25) is 0 Å². The van der Waals surface area contributed by atoms with Crippen LogP contribution in [0.15, 0.2) is 36.4 Å². The van der Waals surface area contributed by atoms with Gasteiger partial charge >= 0.3 is 0 Å². The van der Waals surface area contributed by atoms with Crippen molar-refractivity contribution in [3.8, 4) is 6.07 Å². The van der Waals surface area contributed by atoms with E-state index in [-0.39, 0.29) is 18.0 Å². The van der Waals surface area contributed by atoms with Gasteiger partial charge in [0.05, 0.1) is 17.9 Å². The molecule has 0 aliphatic heterocycles. The predicted molar refractivity (Wildman–Crippen MR) is 75.6 cm³/mol. The maximum absolute atomic E-state index is 13.5. The largest absolute Gasteiger partial charge is 0.380 e. The third-order valence-corrected chi connectivity index (χ3v) is 2.99. The Morgan fingerprint density at radius 3 is 2.71 bits per heavy atom. The van der Waals surface area contributed by atoms with Crippen molar-refractivity contribution in [3.05, 3.63) is 64.7 Å². The zero-order valence-electron chi connectivity index (χ0n) is 11.5. The number of halogens is 2. The molecule has 0 bridgehead atoms. The van der Waals surface area contributed by atoms with Gasteiger partial charge < -0.3 is 10.1 Å². The molecule has 0 aromatic heterocycles. The molecule has 0 spiro atoms. The predicted octanol–water partition coefficient (Wildman–Crippen LogP) is 3.59. The number of rotatable bonds is 5. The van der Waals surface area contributed by atoms with Gasteiger partial charge in [-0.2, -0.15) is 5.26 Å². The highest BCUT2D eigenvalue weighted by Gasteiger charge is 2.06. The van der Waals surface area contributed by atoms with Gasteiger partial charge in [0.2, 0.25) is 0 Å². The fourth-order valence-corrected chi connectivity index (χ4v) is 1.96. The lowest BCUT2D eigenvalue weighted by Crippen LogP contribution is -2.03. The number of ether oxygens (including phenoxy) is 1. The number of nitrogens with one attached hydrogen (secondary N) is 1. The summed E-state index contributed by atoms with van der Waals surface area (Å²) in [5, 5.41) is 12.0. The Balaban J connectivity index is 2.13. The average Bonchev–Trinajstić information content (AvgIpc) is 2.49. The van der Waals surface area contributed by atoms with Crippen molar-refractivity contribution < 1.29 is 13.5 Å². The number of anilines is 1. The van der Waals surface area contributed by atoms with Gasteiger partial charge in [-0.05, 0) is 35.9 Å². The van der Waals surface area contributed by atoms with E-state index in [1.165, 1.54) is 31.4 Å². The molecule has 2 aromatic rings. The highest BCUT2D eigenvalue weighted by Crippen LogP contribution is 2.18. The highest BCUT2D eigenvalue weighted by atomic mass is 19.1. The van der Waals surface area contributed by atoms with Gasteiger partial charge in [0.25, 0.3) is 0 Å². The standard InChI is InChI=1S/C16H14F2N2O/c1-21-10-13-6-11(2-4-15(13)18)9-20-16-5-3-14(17)7-12(16)8-19/h2-7,20H,9-10H2,1H3. The minimum Gasteiger partial charge on any atom is -0.380 e. The topological polar surface area (TPSA) is 45.0 Å². The maximum atomic E-state index is 13.5. The summed E-state index contributed by atoms with van der Waals surface area (Å²) in [5.74, 6) is -0.777. The van der Waals surface area contributed by atoms with Crippen LogP contribution in [0.3, 0.4) is 0 Å². The molecule has 0 saturated heterocycles. The van der Waals surface area contributed by atoms with E-state index in [4.69, 9.17) is 10.00 Å². The van der Waals surface area contributed by atoms with Crippen LogP contribution in [0.25, 0.3) is 0 Å². The Labute approximate surface area is 121 Å². The van der Waals surface area contributed by atoms with Crippen molar-refractivity contribution in [1.29, 1.82) is 5.26 Å². The van der Waals surface area contributed by atoms with Crippen molar-refractivity contribution in [3.63, 3.8) is 0 Å². The van der Waals surface area contributed by atoms with E-state index in [0.717, 1.165) is 5.56 Å². The Hall–Kier alpha value is -2.45. The summed E-state index contributed by atoms with van der Waals surface area (Å²) < 4.78 is 31.5. The van der Waals surface area contributed by atoms with Crippen LogP contribution < -0.4 is 5.32 Å². The van der Waals surface area contributed by atoms with E-state index in [1.54, 1.807) is 12.1 Å². The summed E-state index contributed by atoms with van der Waals surface area (Å²) in [7, 11) is 1.50. The van der Waals surface area contributed by atoms with Crippen molar-refractivity contribution in [2.75, 3.05) is 12.4 Å². The third kappa shape index (κ3) is 3.77. The maximum Gasteiger partial charge on any atom is 0.128 e. The monoisotopic (exact) mass is 288 g/mol. The van der Waals surface area contributed by atoms with E-state index < -0.39 is 5.82 Å². The molecule has 2 rings (SSSR count). The summed E-state index contributed by atoms with van der Waals surface area (Å²) in [6, 6.07) is 10.6. The van der Waals surface area contributed by atoms with E-state index in [0.29, 0.717) is 17.8 Å². The number of benzene rings is 2. The first-order chi connectivity index (χ1) is 10.1. The second-order valence-electron chi connectivity index (χ2n) is 4.51. The Kier molecular flexibility index (Phi) is 4.85. The Morgan fingerprint density at radius 1 is 1.19 bits per heavy atom. The number of methoxy groups -OCH3 is 1. The van der Waals surface area contributed by atoms with Gasteiger partial charge in [0.15, 0.2) is 0 Å². The van der Waals surface area contributed by atoms with Crippen LogP contribution in [-0.2, 0) is 17.9 Å². The smallest absolute Gasteiger partial charge is 0.128 e. The minimum atomic E-state index is -0.457. The molecule has 0 radical (unpaired) electrons. The molecule has 0 saturated carbocycles. The first kappa shape index (κ1) is 14.9. The molecule has 0 unspecified atom stereocenters. The Bertz CT molecular complexity index is 680. The molecule has 0 heterocycles. The number of nitriles is 1. The molecule has 3 nitrogen and oxygen atoms in total. The summed E-state index contributed by atoms with van der Waals surface area (Å²) in [5.41, 5.74) is 2.08. The lowest BCUT2D eigenvalue weighted by molar-refractivity contribution is 0.181. The minimum absolute atomic E-state index is 0.194. The van der Waals surface area contributed by atoms with Gasteiger partial charge in [0, 0.05) is 19.2 Å². The summed E-state index contributed by atoms with van der Waals surface area (Å²) in [6.45, 7) is 0.594.